The van der Waals surface area contributed by atoms with Crippen LogP contribution in [-0.4, -0.2) is 13.4 Å². The molecule has 4 nitrogen and oxygen atoms in total. The molecule has 2 rings (SSSR count). The second-order valence-corrected chi connectivity index (χ2v) is 7.00. The lowest BCUT2D eigenvalue weighted by Crippen LogP contribution is -2.16. The van der Waals surface area contributed by atoms with Crippen molar-refractivity contribution >= 4 is 56.1 Å². The van der Waals surface area contributed by atoms with Gasteiger partial charge in [0.2, 0.25) is 0 Å². The van der Waals surface area contributed by atoms with Crippen LogP contribution >= 0.6 is 35.4 Å². The van der Waals surface area contributed by atoms with Crippen molar-refractivity contribution in [2.24, 2.45) is 5.73 Å². The fourth-order valence-electron chi connectivity index (χ4n) is 1.61. The molecule has 0 unspecified atom stereocenters. The minimum absolute atomic E-state index is 0.0644. The van der Waals surface area contributed by atoms with Crippen molar-refractivity contribution < 1.29 is 8.42 Å². The summed E-state index contributed by atoms with van der Waals surface area (Å²) in [5.41, 5.74) is 6.18. The molecule has 110 valence electrons. The molecule has 0 aliphatic rings. The van der Waals surface area contributed by atoms with E-state index in [9.17, 15) is 8.42 Å². The molecule has 0 aliphatic carbocycles. The quantitative estimate of drug-likeness (QED) is 0.819. The molecule has 2 aromatic carbocycles. The lowest BCUT2D eigenvalue weighted by Gasteiger charge is -2.11. The van der Waals surface area contributed by atoms with Crippen LogP contribution in [0.2, 0.25) is 10.0 Å². The Balaban J connectivity index is 2.47. The summed E-state index contributed by atoms with van der Waals surface area (Å²) in [5, 5.41) is 0.345. The van der Waals surface area contributed by atoms with Gasteiger partial charge in [0.05, 0.1) is 15.7 Å². The number of halogens is 2. The van der Waals surface area contributed by atoms with Crippen LogP contribution in [0.4, 0.5) is 5.69 Å². The Morgan fingerprint density at radius 1 is 1.10 bits per heavy atom. The Morgan fingerprint density at radius 2 is 1.76 bits per heavy atom. The second kappa shape index (κ2) is 6.19. The fourth-order valence-corrected chi connectivity index (χ4v) is 3.58. The van der Waals surface area contributed by atoms with E-state index in [0.717, 1.165) is 0 Å². The Bertz CT molecular complexity index is 808. The number of hydrogen-bond acceptors (Lipinski definition) is 3. The molecule has 2 aromatic rings. The number of benzene rings is 2. The highest BCUT2D eigenvalue weighted by Gasteiger charge is 2.20. The molecule has 8 heteroatoms. The molecule has 0 heterocycles. The van der Waals surface area contributed by atoms with E-state index in [-0.39, 0.29) is 25.6 Å². The number of nitrogens with two attached hydrogens (primary N) is 1. The van der Waals surface area contributed by atoms with Gasteiger partial charge in [0.15, 0.2) is 0 Å². The maximum atomic E-state index is 12.4. The first-order valence-corrected chi connectivity index (χ1v) is 8.33. The van der Waals surface area contributed by atoms with Crippen LogP contribution in [0.1, 0.15) is 5.56 Å². The molecule has 0 spiro atoms. The Morgan fingerprint density at radius 3 is 2.38 bits per heavy atom. The van der Waals surface area contributed by atoms with Gasteiger partial charge < -0.3 is 5.73 Å². The third-order valence-electron chi connectivity index (χ3n) is 2.62. The Hall–Kier alpha value is -1.34. The molecule has 21 heavy (non-hydrogen) atoms. The lowest BCUT2D eigenvalue weighted by molar-refractivity contribution is 0.601. The van der Waals surface area contributed by atoms with Gasteiger partial charge in [-0.05, 0) is 24.3 Å². The van der Waals surface area contributed by atoms with E-state index < -0.39 is 10.0 Å². The van der Waals surface area contributed by atoms with Gasteiger partial charge in [0.1, 0.15) is 9.88 Å². The summed E-state index contributed by atoms with van der Waals surface area (Å²) >= 11 is 16.7. The van der Waals surface area contributed by atoms with Crippen molar-refractivity contribution in [3.8, 4) is 0 Å². The predicted octanol–water partition coefficient (Wildman–Crippen LogP) is 3.43. The van der Waals surface area contributed by atoms with Crippen LogP contribution in [0.25, 0.3) is 0 Å². The number of rotatable bonds is 4. The number of nitrogens with one attached hydrogen (secondary N) is 1. The normalized spacial score (nSPS) is 11.1. The van der Waals surface area contributed by atoms with Crippen LogP contribution in [0.15, 0.2) is 47.4 Å². The van der Waals surface area contributed by atoms with Gasteiger partial charge in [0.25, 0.3) is 10.0 Å². The average molecular weight is 361 g/mol. The van der Waals surface area contributed by atoms with Crippen LogP contribution in [0.5, 0.6) is 0 Å². The molecule has 0 bridgehead atoms. The standard InChI is InChI=1S/C13H10Cl2N2O2S2/c14-9-3-1-2-4-11(9)17-21(18,19)12-7-8(13(16)20)5-6-10(12)15/h1-7,17H,(H2,16,20). The van der Waals surface area contributed by atoms with E-state index in [0.29, 0.717) is 5.56 Å². The van der Waals surface area contributed by atoms with E-state index in [1.165, 1.54) is 12.1 Å². The maximum Gasteiger partial charge on any atom is 0.263 e. The summed E-state index contributed by atoms with van der Waals surface area (Å²) < 4.78 is 27.2. The van der Waals surface area contributed by atoms with Crippen LogP contribution < -0.4 is 10.5 Å². The molecule has 0 aromatic heterocycles. The molecule has 0 atom stereocenters. The maximum absolute atomic E-state index is 12.4. The topological polar surface area (TPSA) is 72.2 Å². The van der Waals surface area contributed by atoms with Gasteiger partial charge in [-0.15, -0.1) is 0 Å². The molecule has 0 saturated carbocycles. The smallest absolute Gasteiger partial charge is 0.263 e. The first-order valence-electron chi connectivity index (χ1n) is 5.68. The van der Waals surface area contributed by atoms with E-state index in [2.05, 4.69) is 4.72 Å². The first kappa shape index (κ1) is 16.0. The van der Waals surface area contributed by atoms with E-state index in [1.807, 2.05) is 0 Å². The number of para-hydroxylation sites is 1. The van der Waals surface area contributed by atoms with E-state index in [1.54, 1.807) is 30.3 Å². The first-order chi connectivity index (χ1) is 9.81. The molecular formula is C13H10Cl2N2O2S2. The van der Waals surface area contributed by atoms with Gasteiger partial charge in [-0.2, -0.15) is 0 Å². The Labute approximate surface area is 137 Å². The van der Waals surface area contributed by atoms with Gasteiger partial charge in [-0.3, -0.25) is 4.72 Å². The van der Waals surface area contributed by atoms with Crippen molar-refractivity contribution in [3.05, 3.63) is 58.1 Å². The van der Waals surface area contributed by atoms with Gasteiger partial charge in [-0.25, -0.2) is 8.42 Å². The minimum atomic E-state index is -3.90. The number of thiocarbonyl (C=S) groups is 1. The van der Waals surface area contributed by atoms with Crippen molar-refractivity contribution in [2.75, 3.05) is 4.72 Å². The van der Waals surface area contributed by atoms with Crippen molar-refractivity contribution in [1.29, 1.82) is 0 Å². The van der Waals surface area contributed by atoms with Crippen LogP contribution in [-0.2, 0) is 10.0 Å². The van der Waals surface area contributed by atoms with E-state index in [4.69, 9.17) is 41.2 Å². The zero-order chi connectivity index (χ0) is 15.6. The minimum Gasteiger partial charge on any atom is -0.389 e. The molecule has 0 radical (unpaired) electrons. The molecule has 0 amide bonds. The van der Waals surface area contributed by atoms with Crippen molar-refractivity contribution in [3.63, 3.8) is 0 Å². The number of anilines is 1. The van der Waals surface area contributed by atoms with Crippen LogP contribution in [0.3, 0.4) is 0 Å². The summed E-state index contributed by atoms with van der Waals surface area (Å²) in [4.78, 5) is -0.0322. The third-order valence-corrected chi connectivity index (χ3v) is 5.04. The highest BCUT2D eigenvalue weighted by atomic mass is 35.5. The van der Waals surface area contributed by atoms with E-state index >= 15 is 0 Å². The molecular weight excluding hydrogens is 351 g/mol. The summed E-state index contributed by atoms with van der Waals surface area (Å²) in [7, 11) is -3.90. The summed E-state index contributed by atoms with van der Waals surface area (Å²) in [6.45, 7) is 0. The second-order valence-electron chi connectivity index (χ2n) is 4.09. The number of hydrogen-bond donors (Lipinski definition) is 2. The van der Waals surface area contributed by atoms with Crippen molar-refractivity contribution in [2.45, 2.75) is 4.90 Å². The highest BCUT2D eigenvalue weighted by molar-refractivity contribution is 7.92. The molecule has 0 fully saturated rings. The SMILES string of the molecule is NC(=S)c1ccc(Cl)c(S(=O)(=O)Nc2ccccc2Cl)c1. The molecule has 3 N–H and O–H groups in total. The average Bonchev–Trinajstić information content (AvgIpc) is 2.41. The predicted molar refractivity (Wildman–Crippen MR) is 89.6 cm³/mol. The molecule has 0 aliphatic heterocycles. The summed E-state index contributed by atoms with van der Waals surface area (Å²) in [6.07, 6.45) is 0. The summed E-state index contributed by atoms with van der Waals surface area (Å²) in [6, 6.07) is 10.8. The largest absolute Gasteiger partial charge is 0.389 e. The summed E-state index contributed by atoms with van der Waals surface area (Å²) in [5.74, 6) is 0. The lowest BCUT2D eigenvalue weighted by atomic mass is 10.2. The monoisotopic (exact) mass is 360 g/mol. The Kier molecular flexibility index (Phi) is 4.73. The highest BCUT2D eigenvalue weighted by Crippen LogP contribution is 2.28. The zero-order valence-corrected chi connectivity index (χ0v) is 13.7. The van der Waals surface area contributed by atoms with Gasteiger partial charge in [-0.1, -0.05) is 53.6 Å². The zero-order valence-electron chi connectivity index (χ0n) is 10.5. The number of sulfonamides is 1. The fraction of sp³-hybridized carbons (Fsp3) is 0. The molecule has 0 saturated heterocycles. The van der Waals surface area contributed by atoms with Crippen LogP contribution in [0, 0.1) is 0 Å². The third kappa shape index (κ3) is 3.65. The van der Waals surface area contributed by atoms with Gasteiger partial charge >= 0.3 is 0 Å². The van der Waals surface area contributed by atoms with Gasteiger partial charge in [0, 0.05) is 5.56 Å². The van der Waals surface area contributed by atoms with Crippen molar-refractivity contribution in [1.82, 2.24) is 0 Å².